The number of aromatic nitrogens is 2. The average Bonchev–Trinajstić information content (AvgIpc) is 3.02. The van der Waals surface area contributed by atoms with Crippen molar-refractivity contribution in [3.8, 4) is 11.3 Å². The van der Waals surface area contributed by atoms with Crippen LogP contribution in [0.5, 0.6) is 0 Å². The average molecular weight is 288 g/mol. The second-order valence-corrected chi connectivity index (χ2v) is 4.60. The topological polar surface area (TPSA) is 71.3 Å². The third kappa shape index (κ3) is 4.13. The van der Waals surface area contributed by atoms with E-state index in [4.69, 9.17) is 4.52 Å². The number of likely N-dealkylation sites (N-methyl/N-ethyl adjacent to an activating group) is 1. The van der Waals surface area contributed by atoms with Crippen LogP contribution < -0.4 is 5.32 Å². The Kier molecular flexibility index (Phi) is 5.45. The molecule has 0 saturated carbocycles. The SMILES string of the molecule is CCN(CC)CCNC(=O)c1cc(-c2cccnc2)on1. The summed E-state index contributed by atoms with van der Waals surface area (Å²) in [5.41, 5.74) is 1.08. The largest absolute Gasteiger partial charge is 0.355 e. The highest BCUT2D eigenvalue weighted by Gasteiger charge is 2.13. The summed E-state index contributed by atoms with van der Waals surface area (Å²) in [5.74, 6) is 0.318. The van der Waals surface area contributed by atoms with Crippen LogP contribution in [-0.2, 0) is 0 Å². The summed E-state index contributed by atoms with van der Waals surface area (Å²) in [4.78, 5) is 18.2. The molecule has 112 valence electrons. The minimum absolute atomic E-state index is 0.221. The highest BCUT2D eigenvalue weighted by Crippen LogP contribution is 2.18. The van der Waals surface area contributed by atoms with Crippen LogP contribution >= 0.6 is 0 Å². The Hall–Kier alpha value is -2.21. The van der Waals surface area contributed by atoms with Crippen molar-refractivity contribution in [2.24, 2.45) is 0 Å². The molecule has 0 saturated heterocycles. The molecule has 0 spiro atoms. The van der Waals surface area contributed by atoms with E-state index in [1.807, 2.05) is 12.1 Å². The molecule has 2 rings (SSSR count). The fraction of sp³-hybridized carbons (Fsp3) is 0.400. The summed E-state index contributed by atoms with van der Waals surface area (Å²) < 4.78 is 5.18. The zero-order valence-corrected chi connectivity index (χ0v) is 12.4. The van der Waals surface area contributed by atoms with Gasteiger partial charge in [0.2, 0.25) is 0 Å². The molecule has 0 unspecified atom stereocenters. The van der Waals surface area contributed by atoms with Gasteiger partial charge in [0.15, 0.2) is 11.5 Å². The fourth-order valence-electron chi connectivity index (χ4n) is 1.98. The van der Waals surface area contributed by atoms with E-state index >= 15 is 0 Å². The maximum absolute atomic E-state index is 12.0. The van der Waals surface area contributed by atoms with Gasteiger partial charge in [-0.25, -0.2) is 0 Å². The van der Waals surface area contributed by atoms with Crippen LogP contribution in [0.4, 0.5) is 0 Å². The maximum Gasteiger partial charge on any atom is 0.273 e. The van der Waals surface area contributed by atoms with Gasteiger partial charge in [0.05, 0.1) is 0 Å². The number of hydrogen-bond acceptors (Lipinski definition) is 5. The van der Waals surface area contributed by atoms with Crippen molar-refractivity contribution in [3.05, 3.63) is 36.3 Å². The number of nitrogens with zero attached hydrogens (tertiary/aromatic N) is 3. The first-order chi connectivity index (χ1) is 10.2. The lowest BCUT2D eigenvalue weighted by Gasteiger charge is -2.17. The molecule has 0 fully saturated rings. The summed E-state index contributed by atoms with van der Waals surface area (Å²) in [6, 6.07) is 5.29. The third-order valence-electron chi connectivity index (χ3n) is 3.30. The first-order valence-electron chi connectivity index (χ1n) is 7.12. The number of nitrogens with one attached hydrogen (secondary N) is 1. The van der Waals surface area contributed by atoms with Gasteiger partial charge in [-0.2, -0.15) is 0 Å². The van der Waals surface area contributed by atoms with Gasteiger partial charge in [0.25, 0.3) is 5.91 Å². The van der Waals surface area contributed by atoms with E-state index in [1.54, 1.807) is 18.5 Å². The van der Waals surface area contributed by atoms with Crippen LogP contribution in [0.15, 0.2) is 35.1 Å². The zero-order valence-electron chi connectivity index (χ0n) is 12.4. The zero-order chi connectivity index (χ0) is 15.1. The molecular weight excluding hydrogens is 268 g/mol. The van der Waals surface area contributed by atoms with E-state index in [0.717, 1.165) is 25.2 Å². The lowest BCUT2D eigenvalue weighted by atomic mass is 10.2. The second-order valence-electron chi connectivity index (χ2n) is 4.60. The minimum atomic E-state index is -0.221. The molecular formula is C15H20N4O2. The van der Waals surface area contributed by atoms with Crippen LogP contribution in [0.25, 0.3) is 11.3 Å². The van der Waals surface area contributed by atoms with Gasteiger partial charge in [-0.1, -0.05) is 19.0 Å². The lowest BCUT2D eigenvalue weighted by Crippen LogP contribution is -2.34. The Labute approximate surface area is 124 Å². The first-order valence-corrected chi connectivity index (χ1v) is 7.12. The predicted octanol–water partition coefficient (Wildman–Crippen LogP) is 1.81. The highest BCUT2D eigenvalue weighted by atomic mass is 16.5. The molecule has 0 bridgehead atoms. The second kappa shape index (κ2) is 7.54. The molecule has 0 atom stereocenters. The fourth-order valence-corrected chi connectivity index (χ4v) is 1.98. The molecule has 2 aromatic rings. The predicted molar refractivity (Wildman–Crippen MR) is 79.9 cm³/mol. The molecule has 1 N–H and O–H groups in total. The van der Waals surface area contributed by atoms with Gasteiger partial charge in [0.1, 0.15) is 0 Å². The number of carbonyl (C=O) groups excluding carboxylic acids is 1. The maximum atomic E-state index is 12.0. The molecule has 6 nitrogen and oxygen atoms in total. The molecule has 0 radical (unpaired) electrons. The molecule has 1 amide bonds. The quantitative estimate of drug-likeness (QED) is 0.841. The van der Waals surface area contributed by atoms with Crippen molar-refractivity contribution in [2.45, 2.75) is 13.8 Å². The molecule has 0 aliphatic carbocycles. The van der Waals surface area contributed by atoms with E-state index in [-0.39, 0.29) is 11.6 Å². The van der Waals surface area contributed by atoms with Gasteiger partial charge in [-0.15, -0.1) is 0 Å². The molecule has 0 aliphatic heterocycles. The van der Waals surface area contributed by atoms with Crippen molar-refractivity contribution in [1.82, 2.24) is 20.4 Å². The van der Waals surface area contributed by atoms with Crippen LogP contribution in [-0.4, -0.2) is 47.1 Å². The van der Waals surface area contributed by atoms with E-state index in [9.17, 15) is 4.79 Å². The van der Waals surface area contributed by atoms with Gasteiger partial charge >= 0.3 is 0 Å². The van der Waals surface area contributed by atoms with Crippen molar-refractivity contribution in [3.63, 3.8) is 0 Å². The molecule has 2 aromatic heterocycles. The van der Waals surface area contributed by atoms with Crippen LogP contribution in [0, 0.1) is 0 Å². The van der Waals surface area contributed by atoms with Crippen molar-refractivity contribution >= 4 is 5.91 Å². The molecule has 6 heteroatoms. The Morgan fingerprint density at radius 1 is 1.38 bits per heavy atom. The summed E-state index contributed by atoms with van der Waals surface area (Å²) in [6.07, 6.45) is 3.35. The van der Waals surface area contributed by atoms with Crippen molar-refractivity contribution in [1.29, 1.82) is 0 Å². The van der Waals surface area contributed by atoms with Gasteiger partial charge in [-0.3, -0.25) is 9.78 Å². The van der Waals surface area contributed by atoms with Gasteiger partial charge in [0, 0.05) is 37.1 Å². The number of rotatable bonds is 7. The minimum Gasteiger partial charge on any atom is -0.355 e. The Balaban J connectivity index is 1.91. The molecule has 0 aliphatic rings. The summed E-state index contributed by atoms with van der Waals surface area (Å²) in [5, 5.41) is 6.65. The van der Waals surface area contributed by atoms with E-state index < -0.39 is 0 Å². The van der Waals surface area contributed by atoms with Crippen LogP contribution in [0.1, 0.15) is 24.3 Å². The summed E-state index contributed by atoms with van der Waals surface area (Å²) >= 11 is 0. The van der Waals surface area contributed by atoms with Crippen LogP contribution in [0.3, 0.4) is 0 Å². The van der Waals surface area contributed by atoms with E-state index in [1.165, 1.54) is 0 Å². The third-order valence-corrected chi connectivity index (χ3v) is 3.30. The standard InChI is InChI=1S/C15H20N4O2/c1-3-19(4-2)9-8-17-15(20)13-10-14(21-18-13)12-6-5-7-16-11-12/h5-7,10-11H,3-4,8-9H2,1-2H3,(H,17,20). The van der Waals surface area contributed by atoms with E-state index in [2.05, 4.69) is 34.2 Å². The number of carbonyl (C=O) groups is 1. The van der Waals surface area contributed by atoms with Crippen molar-refractivity contribution in [2.75, 3.05) is 26.2 Å². The number of pyridine rings is 1. The molecule has 2 heterocycles. The molecule has 0 aromatic carbocycles. The first kappa shape index (κ1) is 15.2. The Morgan fingerprint density at radius 2 is 2.19 bits per heavy atom. The Bertz CT molecular complexity index is 564. The smallest absolute Gasteiger partial charge is 0.273 e. The number of hydrogen-bond donors (Lipinski definition) is 1. The highest BCUT2D eigenvalue weighted by molar-refractivity contribution is 5.93. The molecule has 21 heavy (non-hydrogen) atoms. The van der Waals surface area contributed by atoms with E-state index in [0.29, 0.717) is 12.3 Å². The van der Waals surface area contributed by atoms with Gasteiger partial charge in [-0.05, 0) is 25.2 Å². The summed E-state index contributed by atoms with van der Waals surface area (Å²) in [7, 11) is 0. The lowest BCUT2D eigenvalue weighted by molar-refractivity contribution is 0.0940. The number of amides is 1. The Morgan fingerprint density at radius 3 is 2.86 bits per heavy atom. The van der Waals surface area contributed by atoms with Gasteiger partial charge < -0.3 is 14.7 Å². The van der Waals surface area contributed by atoms with Crippen LogP contribution in [0.2, 0.25) is 0 Å². The van der Waals surface area contributed by atoms with Crippen molar-refractivity contribution < 1.29 is 9.32 Å². The summed E-state index contributed by atoms with van der Waals surface area (Å²) in [6.45, 7) is 7.57. The monoisotopic (exact) mass is 288 g/mol. The normalized spacial score (nSPS) is 10.8.